The molecule has 3 aromatic rings. The molecule has 0 saturated carbocycles. The summed E-state index contributed by atoms with van der Waals surface area (Å²) in [5.74, 6) is -1.38. The highest BCUT2D eigenvalue weighted by Gasteiger charge is 2.34. The molecule has 1 unspecified atom stereocenters. The quantitative estimate of drug-likeness (QED) is 0.474. The number of carbonyl (C=O) groups is 2. The van der Waals surface area contributed by atoms with Crippen molar-refractivity contribution in [3.8, 4) is 0 Å². The summed E-state index contributed by atoms with van der Waals surface area (Å²) in [5.41, 5.74) is -0.770. The summed E-state index contributed by atoms with van der Waals surface area (Å²) >= 11 is 9.74. The molecule has 0 radical (unpaired) electrons. The molecule has 0 bridgehead atoms. The maximum Gasteiger partial charge on any atom is 0.418 e. The van der Waals surface area contributed by atoms with Crippen molar-refractivity contribution in [2.24, 2.45) is 0 Å². The van der Waals surface area contributed by atoms with Gasteiger partial charge in [-0.15, -0.1) is 11.3 Å². The summed E-state index contributed by atoms with van der Waals surface area (Å²) in [7, 11) is 0. The summed E-state index contributed by atoms with van der Waals surface area (Å²) in [5, 5.41) is 4.88. The van der Waals surface area contributed by atoms with E-state index in [2.05, 4.69) is 41.5 Å². The largest absolute Gasteiger partial charge is 0.418 e. The molecule has 13 heteroatoms. The Morgan fingerprint density at radius 3 is 2.55 bits per heavy atom. The van der Waals surface area contributed by atoms with Crippen LogP contribution in [0.25, 0.3) is 0 Å². The number of carbonyl (C=O) groups excluding carboxylic acids is 2. The molecule has 1 atom stereocenters. The van der Waals surface area contributed by atoms with Crippen molar-refractivity contribution in [2.45, 2.75) is 19.1 Å². The van der Waals surface area contributed by atoms with E-state index in [1.54, 1.807) is 19.2 Å². The molecule has 7 nitrogen and oxygen atoms in total. The van der Waals surface area contributed by atoms with Crippen LogP contribution in [0.4, 0.5) is 19.0 Å². The number of nitrogens with one attached hydrogen (secondary N) is 2. The number of nitrogens with zero attached hydrogens (tertiary/aromatic N) is 3. The van der Waals surface area contributed by atoms with E-state index in [0.29, 0.717) is 21.1 Å². The number of thiazole rings is 1. The topological polar surface area (TPSA) is 96.9 Å². The molecule has 2 amide bonds. The van der Waals surface area contributed by atoms with Crippen LogP contribution in [0.15, 0.2) is 41.4 Å². The third-order valence-electron chi connectivity index (χ3n) is 3.83. The van der Waals surface area contributed by atoms with Crippen molar-refractivity contribution in [3.05, 3.63) is 67.4 Å². The van der Waals surface area contributed by atoms with Gasteiger partial charge in [0, 0.05) is 23.1 Å². The smallest absolute Gasteiger partial charge is 0.343 e. The van der Waals surface area contributed by atoms with Gasteiger partial charge in [-0.05, 0) is 35.0 Å². The summed E-state index contributed by atoms with van der Waals surface area (Å²) in [4.78, 5) is 36.6. The van der Waals surface area contributed by atoms with Gasteiger partial charge in [0.25, 0.3) is 11.8 Å². The average molecular weight is 535 g/mol. The molecule has 31 heavy (non-hydrogen) atoms. The molecule has 3 rings (SSSR count). The number of hydrogen-bond donors (Lipinski definition) is 2. The molecule has 2 N–H and O–H groups in total. The summed E-state index contributed by atoms with van der Waals surface area (Å²) in [6.45, 7) is 1.68. The van der Waals surface area contributed by atoms with Crippen molar-refractivity contribution in [2.75, 3.05) is 5.32 Å². The van der Waals surface area contributed by atoms with Gasteiger partial charge in [-0.1, -0.05) is 11.6 Å². The van der Waals surface area contributed by atoms with Gasteiger partial charge in [-0.25, -0.2) is 9.97 Å². The first kappa shape index (κ1) is 23.1. The molecule has 0 aliphatic heterocycles. The molecule has 0 aliphatic rings. The first-order chi connectivity index (χ1) is 14.5. The van der Waals surface area contributed by atoms with E-state index in [1.165, 1.54) is 12.4 Å². The third-order valence-corrected chi connectivity index (χ3v) is 5.75. The molecule has 0 spiro atoms. The number of anilines is 1. The Kier molecular flexibility index (Phi) is 6.92. The minimum Gasteiger partial charge on any atom is -0.343 e. The van der Waals surface area contributed by atoms with Gasteiger partial charge in [0.2, 0.25) is 0 Å². The van der Waals surface area contributed by atoms with Crippen molar-refractivity contribution in [1.82, 2.24) is 20.3 Å². The second-order valence-electron chi connectivity index (χ2n) is 6.15. The Morgan fingerprint density at radius 2 is 1.87 bits per heavy atom. The van der Waals surface area contributed by atoms with Crippen molar-refractivity contribution < 1.29 is 22.8 Å². The number of alkyl halides is 3. The first-order valence-electron chi connectivity index (χ1n) is 8.46. The molecule has 3 heterocycles. The second kappa shape index (κ2) is 9.28. The number of rotatable bonds is 5. The summed E-state index contributed by atoms with van der Waals surface area (Å²) in [6, 6.07) is 1.73. The molecular formula is C18H12BrClF3N5O2S. The van der Waals surface area contributed by atoms with Gasteiger partial charge < -0.3 is 10.6 Å². The number of aromatic nitrogens is 3. The van der Waals surface area contributed by atoms with Crippen molar-refractivity contribution in [1.29, 1.82) is 0 Å². The fourth-order valence-corrected chi connectivity index (χ4v) is 3.76. The Hall–Kier alpha value is -2.57. The molecule has 0 aliphatic carbocycles. The molecule has 162 valence electrons. The van der Waals surface area contributed by atoms with Crippen LogP contribution in [0.3, 0.4) is 0 Å². The monoisotopic (exact) mass is 533 g/mol. The van der Waals surface area contributed by atoms with E-state index in [4.69, 9.17) is 11.6 Å². The highest BCUT2D eigenvalue weighted by Crippen LogP contribution is 2.35. The van der Waals surface area contributed by atoms with Crippen molar-refractivity contribution in [3.63, 3.8) is 0 Å². The maximum absolute atomic E-state index is 13.0. The van der Waals surface area contributed by atoms with E-state index in [1.807, 2.05) is 0 Å². The van der Waals surface area contributed by atoms with Crippen LogP contribution in [0.1, 0.15) is 43.6 Å². The molecule has 3 aromatic heterocycles. The second-order valence-corrected chi connectivity index (χ2v) is 8.54. The van der Waals surface area contributed by atoms with Crippen LogP contribution in [0.5, 0.6) is 0 Å². The zero-order valence-corrected chi connectivity index (χ0v) is 18.7. The van der Waals surface area contributed by atoms with E-state index in [-0.39, 0.29) is 16.6 Å². The number of amides is 2. The Balaban J connectivity index is 1.69. The lowest BCUT2D eigenvalue weighted by molar-refractivity contribution is -0.137. The number of pyridine rings is 2. The fraction of sp³-hybridized carbons (Fsp3) is 0.167. The van der Waals surface area contributed by atoms with Crippen LogP contribution in [0.2, 0.25) is 5.02 Å². The van der Waals surface area contributed by atoms with Crippen LogP contribution >= 0.6 is 38.9 Å². The average Bonchev–Trinajstić information content (AvgIpc) is 3.19. The van der Waals surface area contributed by atoms with E-state index in [0.717, 1.165) is 17.5 Å². The zero-order chi connectivity index (χ0) is 22.8. The van der Waals surface area contributed by atoms with Crippen LogP contribution in [0, 0.1) is 0 Å². The fourth-order valence-electron chi connectivity index (χ4n) is 2.37. The van der Waals surface area contributed by atoms with Crippen molar-refractivity contribution >= 4 is 56.5 Å². The van der Waals surface area contributed by atoms with Gasteiger partial charge >= 0.3 is 6.18 Å². The number of hydrogen-bond acceptors (Lipinski definition) is 6. The highest BCUT2D eigenvalue weighted by atomic mass is 79.9. The summed E-state index contributed by atoms with van der Waals surface area (Å²) in [6.07, 6.45) is 0.335. The first-order valence-corrected chi connectivity index (χ1v) is 10.4. The summed E-state index contributed by atoms with van der Waals surface area (Å²) < 4.78 is 39.5. The van der Waals surface area contributed by atoms with E-state index in [9.17, 15) is 22.8 Å². The van der Waals surface area contributed by atoms with Crippen LogP contribution < -0.4 is 10.6 Å². The molecule has 0 saturated heterocycles. The molecular weight excluding hydrogens is 523 g/mol. The molecule has 0 fully saturated rings. The van der Waals surface area contributed by atoms with E-state index < -0.39 is 28.7 Å². The predicted octanol–water partition coefficient (Wildman–Crippen LogP) is 5.11. The lowest BCUT2D eigenvalue weighted by Gasteiger charge is -2.11. The van der Waals surface area contributed by atoms with Crippen LogP contribution in [-0.4, -0.2) is 26.8 Å². The van der Waals surface area contributed by atoms with Gasteiger partial charge in [-0.2, -0.15) is 13.2 Å². The lowest BCUT2D eigenvalue weighted by atomic mass is 10.2. The molecule has 0 aromatic carbocycles. The Labute approximate surface area is 191 Å². The minimum atomic E-state index is -4.69. The number of halogens is 5. The van der Waals surface area contributed by atoms with Gasteiger partial charge in [-0.3, -0.25) is 14.6 Å². The zero-order valence-electron chi connectivity index (χ0n) is 15.5. The Morgan fingerprint density at radius 1 is 1.13 bits per heavy atom. The van der Waals surface area contributed by atoms with Gasteiger partial charge in [0.05, 0.1) is 28.4 Å². The minimum absolute atomic E-state index is 0.130. The Bertz CT molecular complexity index is 1140. The van der Waals surface area contributed by atoms with Gasteiger partial charge in [0.15, 0.2) is 0 Å². The predicted molar refractivity (Wildman–Crippen MR) is 112 cm³/mol. The normalized spacial score (nSPS) is 12.3. The third kappa shape index (κ3) is 5.77. The van der Waals surface area contributed by atoms with E-state index >= 15 is 0 Å². The highest BCUT2D eigenvalue weighted by molar-refractivity contribution is 9.10. The van der Waals surface area contributed by atoms with Crippen LogP contribution in [-0.2, 0) is 6.18 Å². The standard InChI is InChI=1S/C18H12BrClF3N5O2S/c1-8(27-15(29)9-2-10(19)5-24-4-9)17-26-7-13(31-17)16(30)28-14-3-11(18(21,22)23)12(20)6-25-14/h2-8H,1H3,(H,27,29)(H,25,28,30). The SMILES string of the molecule is CC(NC(=O)c1cncc(Br)c1)c1ncc(C(=O)Nc2cc(C(F)(F)F)c(Cl)cn2)s1. The maximum atomic E-state index is 13.0. The van der Waals surface area contributed by atoms with Gasteiger partial charge in [0.1, 0.15) is 15.7 Å². The lowest BCUT2D eigenvalue weighted by Crippen LogP contribution is -2.26.